The van der Waals surface area contributed by atoms with E-state index in [2.05, 4.69) is 33.4 Å². The Hall–Kier alpha value is -0.710. The van der Waals surface area contributed by atoms with E-state index in [1.165, 1.54) is 10.9 Å². The van der Waals surface area contributed by atoms with E-state index in [0.717, 1.165) is 28.7 Å². The molecule has 4 heteroatoms. The van der Waals surface area contributed by atoms with Gasteiger partial charge in [-0.2, -0.15) is 0 Å². The van der Waals surface area contributed by atoms with Crippen molar-refractivity contribution in [3.05, 3.63) is 56.4 Å². The molecule has 0 aliphatic carbocycles. The molecule has 0 fully saturated rings. The van der Waals surface area contributed by atoms with Gasteiger partial charge in [-0.05, 0) is 72.0 Å². The molecule has 1 aromatic carbocycles. The van der Waals surface area contributed by atoms with Crippen LogP contribution in [-0.4, -0.2) is 13.6 Å². The first-order chi connectivity index (χ1) is 9.19. The molecule has 19 heavy (non-hydrogen) atoms. The van der Waals surface area contributed by atoms with Gasteiger partial charge in [0.2, 0.25) is 0 Å². The monoisotopic (exact) mass is 341 g/mol. The Kier molecular flexibility index (Phi) is 5.55. The lowest BCUT2D eigenvalue weighted by Crippen LogP contribution is -2.22. The molecule has 2 rings (SSSR count). The number of benzene rings is 1. The zero-order valence-electron chi connectivity index (χ0n) is 10.8. The quantitative estimate of drug-likeness (QED) is 0.827. The van der Waals surface area contributed by atoms with E-state index in [1.807, 2.05) is 19.2 Å². The van der Waals surface area contributed by atoms with Crippen LogP contribution in [0.25, 0.3) is 0 Å². The van der Waals surface area contributed by atoms with Gasteiger partial charge in [0.05, 0.1) is 3.79 Å². The van der Waals surface area contributed by atoms with Crippen LogP contribution in [0.15, 0.2) is 40.2 Å². The smallest absolute Gasteiger partial charge is 0.126 e. The van der Waals surface area contributed by atoms with Crippen LogP contribution in [-0.2, 0) is 12.8 Å². The maximum absolute atomic E-state index is 13.7. The van der Waals surface area contributed by atoms with Crippen molar-refractivity contribution in [2.75, 3.05) is 13.6 Å². The van der Waals surface area contributed by atoms with Crippen molar-refractivity contribution in [1.82, 2.24) is 5.32 Å². The summed E-state index contributed by atoms with van der Waals surface area (Å²) in [6, 6.07) is 11.3. The molecule has 0 saturated carbocycles. The van der Waals surface area contributed by atoms with Crippen LogP contribution in [0.3, 0.4) is 0 Å². The van der Waals surface area contributed by atoms with Gasteiger partial charge < -0.3 is 5.32 Å². The normalized spacial score (nSPS) is 12.6. The zero-order chi connectivity index (χ0) is 13.7. The summed E-state index contributed by atoms with van der Waals surface area (Å²) < 4.78 is 14.9. The Morgan fingerprint density at radius 3 is 2.63 bits per heavy atom. The average molecular weight is 342 g/mol. The molecular weight excluding hydrogens is 325 g/mol. The highest BCUT2D eigenvalue weighted by Gasteiger charge is 2.13. The predicted molar refractivity (Wildman–Crippen MR) is 83.2 cm³/mol. The lowest BCUT2D eigenvalue weighted by molar-refractivity contribution is 0.482. The molecule has 0 amide bonds. The van der Waals surface area contributed by atoms with E-state index in [9.17, 15) is 4.39 Å². The molecule has 0 bridgehead atoms. The summed E-state index contributed by atoms with van der Waals surface area (Å²) in [6.07, 6.45) is 1.74. The summed E-state index contributed by atoms with van der Waals surface area (Å²) in [5.74, 6) is 0.309. The summed E-state index contributed by atoms with van der Waals surface area (Å²) in [6.45, 7) is 0.893. The van der Waals surface area contributed by atoms with Gasteiger partial charge in [-0.1, -0.05) is 18.2 Å². The molecule has 2 aromatic rings. The largest absolute Gasteiger partial charge is 0.319 e. The van der Waals surface area contributed by atoms with Crippen molar-refractivity contribution in [2.45, 2.75) is 12.8 Å². The first-order valence-electron chi connectivity index (χ1n) is 6.31. The maximum atomic E-state index is 13.7. The molecule has 102 valence electrons. The third-order valence-electron chi connectivity index (χ3n) is 3.08. The fraction of sp³-hybridized carbons (Fsp3) is 0.333. The number of hydrogen-bond acceptors (Lipinski definition) is 2. The van der Waals surface area contributed by atoms with Crippen molar-refractivity contribution >= 4 is 27.3 Å². The van der Waals surface area contributed by atoms with Crippen molar-refractivity contribution in [1.29, 1.82) is 0 Å². The molecule has 1 heterocycles. The second kappa shape index (κ2) is 7.17. The van der Waals surface area contributed by atoms with Gasteiger partial charge in [0.1, 0.15) is 5.82 Å². The van der Waals surface area contributed by atoms with Gasteiger partial charge in [-0.25, -0.2) is 4.39 Å². The van der Waals surface area contributed by atoms with Crippen LogP contribution in [0, 0.1) is 11.7 Å². The number of halogens is 2. The van der Waals surface area contributed by atoms with Crippen LogP contribution in [0.5, 0.6) is 0 Å². The van der Waals surface area contributed by atoms with Gasteiger partial charge in [-0.15, -0.1) is 11.3 Å². The first-order valence-corrected chi connectivity index (χ1v) is 7.92. The third-order valence-corrected chi connectivity index (χ3v) is 4.72. The summed E-state index contributed by atoms with van der Waals surface area (Å²) in [7, 11) is 1.94. The SMILES string of the molecule is CNCC(Cc1ccc(Br)s1)Cc1ccccc1F. The zero-order valence-corrected chi connectivity index (χ0v) is 13.2. The molecule has 1 aromatic heterocycles. The molecule has 0 aliphatic heterocycles. The second-order valence-electron chi connectivity index (χ2n) is 4.63. The van der Waals surface area contributed by atoms with Crippen molar-refractivity contribution in [3.8, 4) is 0 Å². The molecule has 0 aliphatic rings. The molecule has 1 N–H and O–H groups in total. The van der Waals surface area contributed by atoms with Crippen LogP contribution in [0.4, 0.5) is 4.39 Å². The Morgan fingerprint density at radius 1 is 1.21 bits per heavy atom. The fourth-order valence-corrected chi connectivity index (χ4v) is 3.82. The number of hydrogen-bond donors (Lipinski definition) is 1. The predicted octanol–water partition coefficient (Wildman–Crippen LogP) is 4.27. The first kappa shape index (κ1) is 14.7. The average Bonchev–Trinajstić information content (AvgIpc) is 2.78. The highest BCUT2D eigenvalue weighted by Crippen LogP contribution is 2.25. The molecule has 1 nitrogen and oxygen atoms in total. The van der Waals surface area contributed by atoms with Gasteiger partial charge in [0.15, 0.2) is 0 Å². The summed E-state index contributed by atoms with van der Waals surface area (Å²) >= 11 is 5.23. The minimum Gasteiger partial charge on any atom is -0.319 e. The van der Waals surface area contributed by atoms with Crippen molar-refractivity contribution in [2.24, 2.45) is 5.92 Å². The van der Waals surface area contributed by atoms with Gasteiger partial charge in [0, 0.05) is 4.88 Å². The standard InChI is InChI=1S/C15H17BrFNS/c1-18-10-11(9-13-6-7-15(16)19-13)8-12-4-2-3-5-14(12)17/h2-7,11,18H,8-10H2,1H3. The van der Waals surface area contributed by atoms with Crippen LogP contribution < -0.4 is 5.32 Å². The lowest BCUT2D eigenvalue weighted by atomic mass is 9.95. The minimum absolute atomic E-state index is 0.101. The van der Waals surface area contributed by atoms with E-state index in [-0.39, 0.29) is 5.82 Å². The summed E-state index contributed by atoms with van der Waals surface area (Å²) in [4.78, 5) is 1.34. The summed E-state index contributed by atoms with van der Waals surface area (Å²) in [5.41, 5.74) is 0.804. The van der Waals surface area contributed by atoms with E-state index < -0.39 is 0 Å². The Balaban J connectivity index is 2.06. The van der Waals surface area contributed by atoms with Crippen molar-refractivity contribution in [3.63, 3.8) is 0 Å². The molecule has 0 saturated heterocycles. The Bertz CT molecular complexity index is 526. The molecule has 1 unspecified atom stereocenters. The second-order valence-corrected chi connectivity index (χ2v) is 7.18. The van der Waals surface area contributed by atoms with Crippen molar-refractivity contribution < 1.29 is 4.39 Å². The van der Waals surface area contributed by atoms with Gasteiger partial charge >= 0.3 is 0 Å². The van der Waals surface area contributed by atoms with E-state index in [0.29, 0.717) is 5.92 Å². The molecule has 0 radical (unpaired) electrons. The number of rotatable bonds is 6. The maximum Gasteiger partial charge on any atom is 0.126 e. The van der Waals surface area contributed by atoms with E-state index >= 15 is 0 Å². The Morgan fingerprint density at radius 2 is 2.00 bits per heavy atom. The van der Waals surface area contributed by atoms with E-state index in [1.54, 1.807) is 17.4 Å². The summed E-state index contributed by atoms with van der Waals surface area (Å²) in [5, 5.41) is 3.21. The molecular formula is C15H17BrFNS. The molecule has 1 atom stereocenters. The molecule has 0 spiro atoms. The minimum atomic E-state index is -0.101. The van der Waals surface area contributed by atoms with Gasteiger partial charge in [0.25, 0.3) is 0 Å². The fourth-order valence-electron chi connectivity index (χ4n) is 2.23. The van der Waals surface area contributed by atoms with Gasteiger partial charge in [-0.3, -0.25) is 0 Å². The Labute approximate surface area is 126 Å². The van der Waals surface area contributed by atoms with Crippen LogP contribution >= 0.6 is 27.3 Å². The number of nitrogens with one attached hydrogen (secondary N) is 1. The van der Waals surface area contributed by atoms with E-state index in [4.69, 9.17) is 0 Å². The lowest BCUT2D eigenvalue weighted by Gasteiger charge is -2.16. The number of thiophene rings is 1. The highest BCUT2D eigenvalue weighted by atomic mass is 79.9. The third kappa shape index (κ3) is 4.41. The van der Waals surface area contributed by atoms with Crippen LogP contribution in [0.1, 0.15) is 10.4 Å². The topological polar surface area (TPSA) is 12.0 Å². The highest BCUT2D eigenvalue weighted by molar-refractivity contribution is 9.11. The van der Waals surface area contributed by atoms with Crippen LogP contribution in [0.2, 0.25) is 0 Å².